The van der Waals surface area contributed by atoms with Gasteiger partial charge in [0.2, 0.25) is 11.8 Å². The first-order valence-corrected chi connectivity index (χ1v) is 13.6. The van der Waals surface area contributed by atoms with Gasteiger partial charge in [0.1, 0.15) is 12.6 Å². The minimum absolute atomic E-state index is 0.0150. The van der Waals surface area contributed by atoms with Crippen LogP contribution in [0.1, 0.15) is 23.2 Å². The average molecular weight is 572 g/mol. The predicted octanol–water partition coefficient (Wildman–Crippen LogP) is 1.34. The minimum atomic E-state index is -3.12. The first kappa shape index (κ1) is 30.1. The molecule has 2 aromatic rings. The molecule has 0 bridgehead atoms. The summed E-state index contributed by atoms with van der Waals surface area (Å²) < 4.78 is 32.3. The summed E-state index contributed by atoms with van der Waals surface area (Å²) >= 11 is 0. The van der Waals surface area contributed by atoms with E-state index in [0.717, 1.165) is 43.2 Å². The molecule has 13 heteroatoms. The molecule has 3 heterocycles. The first-order chi connectivity index (χ1) is 19.6. The van der Waals surface area contributed by atoms with Gasteiger partial charge in [-0.2, -0.15) is 5.26 Å². The van der Waals surface area contributed by atoms with Crippen molar-refractivity contribution < 1.29 is 27.9 Å². The molecular weight excluding hydrogens is 536 g/mol. The van der Waals surface area contributed by atoms with Gasteiger partial charge in [-0.1, -0.05) is 0 Å². The van der Waals surface area contributed by atoms with Crippen molar-refractivity contribution in [3.63, 3.8) is 0 Å². The molecule has 1 aromatic heterocycles. The lowest BCUT2D eigenvalue weighted by Crippen LogP contribution is -2.50. The van der Waals surface area contributed by atoms with Crippen LogP contribution >= 0.6 is 0 Å². The monoisotopic (exact) mass is 571 g/mol. The quantitative estimate of drug-likeness (QED) is 0.454. The SMILES string of the molecule is COCC(=O)N1CCN(CCCN(C)c2ccc3nccc(C(=O)NCC(=O)N4CC(F)(F)C[C@H]4C#N)c3c2)CC1. The summed E-state index contributed by atoms with van der Waals surface area (Å²) in [7, 11) is 3.49. The molecule has 1 N–H and O–H groups in total. The van der Waals surface area contributed by atoms with E-state index in [-0.39, 0.29) is 12.5 Å². The lowest BCUT2D eigenvalue weighted by atomic mass is 10.1. The lowest BCUT2D eigenvalue weighted by molar-refractivity contribution is -0.136. The molecule has 1 aromatic carbocycles. The van der Waals surface area contributed by atoms with Crippen molar-refractivity contribution in [3.05, 3.63) is 36.0 Å². The number of nitrogens with one attached hydrogen (secondary N) is 1. The van der Waals surface area contributed by atoms with Gasteiger partial charge in [-0.05, 0) is 37.2 Å². The van der Waals surface area contributed by atoms with E-state index in [2.05, 4.69) is 20.1 Å². The number of nitrogens with zero attached hydrogens (tertiary/aromatic N) is 6. The topological polar surface area (TPSA) is 122 Å². The zero-order valence-corrected chi connectivity index (χ0v) is 23.3. The van der Waals surface area contributed by atoms with Gasteiger partial charge in [-0.25, -0.2) is 8.78 Å². The summed E-state index contributed by atoms with van der Waals surface area (Å²) in [6.45, 7) is 3.46. The number of fused-ring (bicyclic) bond motifs is 1. The Morgan fingerprint density at radius 2 is 1.95 bits per heavy atom. The number of nitriles is 1. The zero-order chi connectivity index (χ0) is 29.6. The number of rotatable bonds is 10. The van der Waals surface area contributed by atoms with Crippen LogP contribution in [0.4, 0.5) is 14.5 Å². The maximum absolute atomic E-state index is 13.7. The highest BCUT2D eigenvalue weighted by Crippen LogP contribution is 2.31. The zero-order valence-electron chi connectivity index (χ0n) is 23.3. The Bertz CT molecular complexity index is 1310. The molecule has 0 unspecified atom stereocenters. The number of pyridine rings is 1. The Morgan fingerprint density at radius 1 is 1.20 bits per heavy atom. The minimum Gasteiger partial charge on any atom is -0.375 e. The van der Waals surface area contributed by atoms with Crippen LogP contribution in [0.5, 0.6) is 0 Å². The number of anilines is 1. The van der Waals surface area contributed by atoms with E-state index in [1.165, 1.54) is 13.3 Å². The number of likely N-dealkylation sites (tertiary alicyclic amines) is 1. The molecule has 11 nitrogen and oxygen atoms in total. The molecule has 0 radical (unpaired) electrons. The van der Waals surface area contributed by atoms with Crippen molar-refractivity contribution in [1.82, 2.24) is 25.0 Å². The molecule has 2 aliphatic rings. The van der Waals surface area contributed by atoms with Crippen LogP contribution in [-0.4, -0.2) is 122 Å². The number of carbonyl (C=O) groups is 3. The van der Waals surface area contributed by atoms with Gasteiger partial charge < -0.3 is 24.8 Å². The average Bonchev–Trinajstić information content (AvgIpc) is 3.30. The number of piperazine rings is 1. The molecule has 41 heavy (non-hydrogen) atoms. The Kier molecular flexibility index (Phi) is 9.67. The normalized spacial score (nSPS) is 18.8. The fourth-order valence-corrected chi connectivity index (χ4v) is 5.21. The van der Waals surface area contributed by atoms with Crippen LogP contribution in [-0.2, 0) is 14.3 Å². The fourth-order valence-electron chi connectivity index (χ4n) is 5.21. The third kappa shape index (κ3) is 7.45. The molecule has 2 saturated heterocycles. The van der Waals surface area contributed by atoms with Crippen LogP contribution in [0.25, 0.3) is 10.9 Å². The number of hydrogen-bond acceptors (Lipinski definition) is 8. The molecule has 220 valence electrons. The predicted molar refractivity (Wildman–Crippen MR) is 148 cm³/mol. The highest BCUT2D eigenvalue weighted by molar-refractivity contribution is 6.07. The summed E-state index contributed by atoms with van der Waals surface area (Å²) in [5, 5.41) is 12.2. The Hall–Kier alpha value is -3.89. The van der Waals surface area contributed by atoms with Gasteiger partial charge in [0.15, 0.2) is 0 Å². The molecule has 0 saturated carbocycles. The molecule has 0 aliphatic carbocycles. The van der Waals surface area contributed by atoms with Gasteiger partial charge in [0.05, 0.1) is 30.2 Å². The van der Waals surface area contributed by atoms with E-state index in [9.17, 15) is 23.2 Å². The molecule has 1 atom stereocenters. The first-order valence-electron chi connectivity index (χ1n) is 13.6. The number of benzene rings is 1. The van der Waals surface area contributed by atoms with E-state index >= 15 is 0 Å². The van der Waals surface area contributed by atoms with Crippen molar-refractivity contribution in [2.24, 2.45) is 0 Å². The third-order valence-electron chi connectivity index (χ3n) is 7.51. The van der Waals surface area contributed by atoms with E-state index in [1.807, 2.05) is 30.1 Å². The molecular formula is C28H35F2N7O4. The van der Waals surface area contributed by atoms with Crippen molar-refractivity contribution >= 4 is 34.3 Å². The van der Waals surface area contributed by atoms with Crippen molar-refractivity contribution in [3.8, 4) is 6.07 Å². The number of halogens is 2. The lowest BCUT2D eigenvalue weighted by Gasteiger charge is -2.35. The van der Waals surface area contributed by atoms with Gasteiger partial charge in [-0.3, -0.25) is 24.3 Å². The van der Waals surface area contributed by atoms with Gasteiger partial charge >= 0.3 is 0 Å². The number of hydrogen-bond donors (Lipinski definition) is 1. The largest absolute Gasteiger partial charge is 0.375 e. The summed E-state index contributed by atoms with van der Waals surface area (Å²) in [6, 6.07) is 7.68. The van der Waals surface area contributed by atoms with Crippen LogP contribution in [0.15, 0.2) is 30.5 Å². The summed E-state index contributed by atoms with van der Waals surface area (Å²) in [6.07, 6.45) is 1.70. The second kappa shape index (κ2) is 13.2. The van der Waals surface area contributed by atoms with Crippen LogP contribution < -0.4 is 10.2 Å². The fraction of sp³-hybridized carbons (Fsp3) is 0.536. The van der Waals surface area contributed by atoms with Crippen LogP contribution in [0, 0.1) is 11.3 Å². The molecule has 2 fully saturated rings. The second-order valence-electron chi connectivity index (χ2n) is 10.4. The summed E-state index contributed by atoms with van der Waals surface area (Å²) in [5.74, 6) is -4.37. The van der Waals surface area contributed by atoms with E-state index in [1.54, 1.807) is 12.1 Å². The van der Waals surface area contributed by atoms with Crippen molar-refractivity contribution in [1.29, 1.82) is 5.26 Å². The molecule has 3 amide bonds. The highest BCUT2D eigenvalue weighted by atomic mass is 19.3. The van der Waals surface area contributed by atoms with Gasteiger partial charge in [0.25, 0.3) is 11.8 Å². The maximum Gasteiger partial charge on any atom is 0.268 e. The maximum atomic E-state index is 13.7. The summed E-state index contributed by atoms with van der Waals surface area (Å²) in [4.78, 5) is 48.9. The highest BCUT2D eigenvalue weighted by Gasteiger charge is 2.47. The van der Waals surface area contributed by atoms with Gasteiger partial charge in [-0.15, -0.1) is 0 Å². The van der Waals surface area contributed by atoms with E-state index in [0.29, 0.717) is 29.6 Å². The van der Waals surface area contributed by atoms with E-state index in [4.69, 9.17) is 10.00 Å². The Labute approximate surface area is 237 Å². The molecule has 0 spiro atoms. The number of ether oxygens (including phenoxy) is 1. The van der Waals surface area contributed by atoms with Crippen LogP contribution in [0.3, 0.4) is 0 Å². The molecule has 4 rings (SSSR count). The van der Waals surface area contributed by atoms with Crippen LogP contribution in [0.2, 0.25) is 0 Å². The number of methoxy groups -OCH3 is 1. The number of carbonyl (C=O) groups excluding carboxylic acids is 3. The third-order valence-corrected chi connectivity index (χ3v) is 7.51. The van der Waals surface area contributed by atoms with E-state index < -0.39 is 43.3 Å². The Morgan fingerprint density at radius 3 is 2.66 bits per heavy atom. The number of alkyl halides is 2. The second-order valence-corrected chi connectivity index (χ2v) is 10.4. The Balaban J connectivity index is 1.32. The van der Waals surface area contributed by atoms with Crippen molar-refractivity contribution in [2.75, 3.05) is 78.0 Å². The van der Waals surface area contributed by atoms with Gasteiger partial charge in [0, 0.05) is 70.6 Å². The standard InChI is InChI=1S/C28H35F2N7O4/c1-34(8-3-9-35-10-12-36(13-11-35)26(39)18-41-2)20-4-5-24-23(14-20)22(6-7-32-24)27(40)33-17-25(38)37-19-28(29,30)15-21(37)16-31/h4-7,14,21H,3,8-13,15,17-19H2,1-2H3,(H,33,40)/t21-/m0/s1. The number of amides is 3. The number of aromatic nitrogens is 1. The van der Waals surface area contributed by atoms with Crippen molar-refractivity contribution in [2.45, 2.75) is 24.8 Å². The smallest absolute Gasteiger partial charge is 0.268 e. The summed E-state index contributed by atoms with van der Waals surface area (Å²) in [5.41, 5.74) is 1.80. The molecule has 2 aliphatic heterocycles.